The lowest BCUT2D eigenvalue weighted by atomic mass is 9.88. The minimum atomic E-state index is -0.566. The fourth-order valence-corrected chi connectivity index (χ4v) is 8.99. The third-order valence-electron chi connectivity index (χ3n) is 9.93. The summed E-state index contributed by atoms with van der Waals surface area (Å²) in [5.41, 5.74) is 19.0. The van der Waals surface area contributed by atoms with Crippen LogP contribution in [-0.2, 0) is 27.3 Å². The maximum Gasteiger partial charge on any atom is 0.302 e. The van der Waals surface area contributed by atoms with Crippen molar-refractivity contribution in [3.63, 3.8) is 0 Å². The number of aliphatic imine (C=N–C) groups is 2. The highest BCUT2D eigenvalue weighted by molar-refractivity contribution is 8.76. The number of nitrogens with one attached hydrogen (secondary N) is 1. The van der Waals surface area contributed by atoms with Crippen molar-refractivity contribution in [3.05, 3.63) is 23.3 Å². The average molecular weight is 750 g/mol. The SMILES string of the molecule is CC(=O)O[C@@H]1CCc2cc(c(O)c(OC3CCCC3)c2)CN2C[C@@H](CC2=O)[C@@H](CCN=C(N)N)CNC(N)=NCSSCCCCCC[C@H](O)C1. The molecule has 0 radical (unpaired) electrons. The van der Waals surface area contributed by atoms with Gasteiger partial charge in [-0.05, 0) is 81.3 Å². The molecule has 13 nitrogen and oxygen atoms in total. The number of rotatable bonds is 6. The molecule has 51 heavy (non-hydrogen) atoms. The van der Waals surface area contributed by atoms with Crippen LogP contribution >= 0.6 is 21.6 Å². The van der Waals surface area contributed by atoms with E-state index in [-0.39, 0.29) is 48.1 Å². The molecule has 2 aliphatic heterocycles. The van der Waals surface area contributed by atoms with Gasteiger partial charge in [-0.2, -0.15) is 0 Å². The van der Waals surface area contributed by atoms with E-state index < -0.39 is 12.2 Å². The first-order chi connectivity index (χ1) is 24.6. The first-order valence-corrected chi connectivity index (χ1v) is 21.0. The summed E-state index contributed by atoms with van der Waals surface area (Å²) in [6.45, 7) is 3.09. The predicted molar refractivity (Wildman–Crippen MR) is 205 cm³/mol. The number of hydrogen-bond donors (Lipinski definition) is 6. The Morgan fingerprint density at radius 1 is 1.08 bits per heavy atom. The summed E-state index contributed by atoms with van der Waals surface area (Å²) in [7, 11) is 3.43. The number of aryl methyl sites for hydroxylation is 1. The Kier molecular flexibility index (Phi) is 17.2. The van der Waals surface area contributed by atoms with Gasteiger partial charge < -0.3 is 47.1 Å². The number of guanidine groups is 2. The second kappa shape index (κ2) is 21.5. The number of carbonyl (C=O) groups is 2. The Hall–Kier alpha value is -3.04. The van der Waals surface area contributed by atoms with E-state index in [9.17, 15) is 19.8 Å². The van der Waals surface area contributed by atoms with Crippen molar-refractivity contribution >= 4 is 45.4 Å². The molecule has 0 aromatic heterocycles. The van der Waals surface area contributed by atoms with Crippen molar-refractivity contribution in [1.29, 1.82) is 0 Å². The highest BCUT2D eigenvalue weighted by Crippen LogP contribution is 2.38. The second-order valence-corrected chi connectivity index (χ2v) is 16.6. The number of nitrogens with two attached hydrogens (primary N) is 3. The van der Waals surface area contributed by atoms with Gasteiger partial charge in [0.15, 0.2) is 23.4 Å². The minimum absolute atomic E-state index is 0.00577. The monoisotopic (exact) mass is 749 g/mol. The number of benzene rings is 1. The molecule has 1 saturated heterocycles. The number of hydrogen-bond acceptors (Lipinski definition) is 12. The largest absolute Gasteiger partial charge is 0.504 e. The molecule has 1 aliphatic carbocycles. The molecule has 4 bridgehead atoms. The first kappa shape index (κ1) is 40.7. The Balaban J connectivity index is 1.57. The van der Waals surface area contributed by atoms with E-state index in [0.717, 1.165) is 62.7 Å². The fourth-order valence-electron chi connectivity index (χ4n) is 7.20. The molecule has 15 heteroatoms. The smallest absolute Gasteiger partial charge is 0.302 e. The Bertz CT molecular complexity index is 1320. The van der Waals surface area contributed by atoms with Crippen LogP contribution in [-0.4, -0.2) is 88.5 Å². The number of aliphatic hydroxyl groups excluding tert-OH is 1. The van der Waals surface area contributed by atoms with Crippen molar-refractivity contribution in [1.82, 2.24) is 10.2 Å². The van der Waals surface area contributed by atoms with E-state index in [1.807, 2.05) is 12.1 Å². The number of fused-ring (bicyclic) bond motifs is 4. The Labute approximate surface area is 310 Å². The molecule has 2 fully saturated rings. The maximum absolute atomic E-state index is 13.5. The van der Waals surface area contributed by atoms with Gasteiger partial charge in [0.2, 0.25) is 5.91 Å². The second-order valence-electron chi connectivity index (χ2n) is 14.1. The van der Waals surface area contributed by atoms with Crippen LogP contribution in [0.2, 0.25) is 0 Å². The molecule has 286 valence electrons. The maximum atomic E-state index is 13.5. The van der Waals surface area contributed by atoms with Crippen LogP contribution in [0.25, 0.3) is 0 Å². The van der Waals surface area contributed by atoms with Crippen LogP contribution in [0, 0.1) is 11.8 Å². The van der Waals surface area contributed by atoms with E-state index >= 15 is 0 Å². The lowest BCUT2D eigenvalue weighted by Crippen LogP contribution is -2.38. The van der Waals surface area contributed by atoms with Crippen LogP contribution in [0.4, 0.5) is 0 Å². The number of phenols is 1. The average Bonchev–Trinajstić information content (AvgIpc) is 3.72. The van der Waals surface area contributed by atoms with Crippen LogP contribution in [0.5, 0.6) is 11.5 Å². The number of nitrogens with zero attached hydrogens (tertiary/aromatic N) is 3. The van der Waals surface area contributed by atoms with E-state index in [1.54, 1.807) is 26.5 Å². The zero-order chi connectivity index (χ0) is 36.6. The molecule has 4 atom stereocenters. The molecule has 4 rings (SSSR count). The van der Waals surface area contributed by atoms with Crippen molar-refractivity contribution in [2.45, 2.75) is 122 Å². The van der Waals surface area contributed by atoms with Gasteiger partial charge in [-0.3, -0.25) is 14.6 Å². The minimum Gasteiger partial charge on any atom is -0.504 e. The van der Waals surface area contributed by atoms with E-state index in [4.69, 9.17) is 26.7 Å². The summed E-state index contributed by atoms with van der Waals surface area (Å²) in [5.74, 6) is 2.10. The highest BCUT2D eigenvalue weighted by Gasteiger charge is 2.35. The molecular formula is C36H59N7O6S2. The molecule has 0 spiro atoms. The number of esters is 1. The lowest BCUT2D eigenvalue weighted by Gasteiger charge is -2.25. The number of amides is 1. The van der Waals surface area contributed by atoms with Crippen molar-refractivity contribution in [3.8, 4) is 11.5 Å². The first-order valence-electron chi connectivity index (χ1n) is 18.6. The van der Waals surface area contributed by atoms with Gasteiger partial charge in [0, 0.05) is 57.3 Å². The van der Waals surface area contributed by atoms with Gasteiger partial charge in [0.05, 0.1) is 18.1 Å². The fraction of sp³-hybridized carbons (Fsp3) is 0.722. The van der Waals surface area contributed by atoms with Crippen LogP contribution in [0.1, 0.15) is 102 Å². The summed E-state index contributed by atoms with van der Waals surface area (Å²) in [6.07, 6.45) is 10.3. The van der Waals surface area contributed by atoms with Gasteiger partial charge in [-0.25, -0.2) is 4.99 Å². The molecule has 9 N–H and O–H groups in total. The zero-order valence-electron chi connectivity index (χ0n) is 30.1. The summed E-state index contributed by atoms with van der Waals surface area (Å²) >= 11 is 0. The molecular weight excluding hydrogens is 691 g/mol. The van der Waals surface area contributed by atoms with Gasteiger partial charge in [0.1, 0.15) is 6.10 Å². The molecule has 1 aromatic carbocycles. The number of carbonyl (C=O) groups excluding carboxylic acids is 2. The normalized spacial score (nSPS) is 25.4. The quantitative estimate of drug-likeness (QED) is 0.105. The van der Waals surface area contributed by atoms with E-state index in [0.29, 0.717) is 81.3 Å². The summed E-state index contributed by atoms with van der Waals surface area (Å²) in [5, 5.41) is 25.6. The summed E-state index contributed by atoms with van der Waals surface area (Å²) < 4.78 is 12.0. The molecule has 1 aromatic rings. The van der Waals surface area contributed by atoms with Gasteiger partial charge >= 0.3 is 5.97 Å². The van der Waals surface area contributed by atoms with Crippen molar-refractivity contribution < 1.29 is 29.3 Å². The number of ether oxygens (including phenoxy) is 2. The standard InChI is InChI=1S/C36H59N7O6S2/c1-24(44)48-31-12-11-25-16-28(34(47)32(17-25)49-30-9-5-6-10-30)22-43-21-27(18-33(43)46)26(13-14-40-35(37)38)20-41-36(39)42-23-51-50-15-7-3-2-4-8-29(45)19-31/h16-17,26-27,29-31,45,47H,2-15,18-23H2,1H3,(H4,37,38,40)(H3,39,41,42)/t26-,27+,29-,31+/m0/s1. The summed E-state index contributed by atoms with van der Waals surface area (Å²) in [4.78, 5) is 36.0. The molecule has 0 unspecified atom stereocenters. The molecule has 1 saturated carbocycles. The Morgan fingerprint density at radius 3 is 2.61 bits per heavy atom. The van der Waals surface area contributed by atoms with E-state index in [2.05, 4.69) is 15.3 Å². The number of aliphatic hydroxyl groups is 1. The highest BCUT2D eigenvalue weighted by atomic mass is 33.1. The molecule has 3 aliphatic rings. The van der Waals surface area contributed by atoms with Gasteiger partial charge in [0.25, 0.3) is 0 Å². The van der Waals surface area contributed by atoms with Crippen molar-refractivity contribution in [2.24, 2.45) is 39.0 Å². The predicted octanol–water partition coefficient (Wildman–Crippen LogP) is 4.16. The number of aromatic hydroxyl groups is 1. The van der Waals surface area contributed by atoms with Crippen LogP contribution in [0.3, 0.4) is 0 Å². The lowest BCUT2D eigenvalue weighted by molar-refractivity contribution is -0.148. The number of phenolic OH excluding ortho intramolecular Hbond substituents is 1. The van der Waals surface area contributed by atoms with Crippen molar-refractivity contribution in [2.75, 3.05) is 31.3 Å². The topological polar surface area (TPSA) is 211 Å². The third kappa shape index (κ3) is 14.5. The van der Waals surface area contributed by atoms with E-state index in [1.165, 1.54) is 6.92 Å². The van der Waals surface area contributed by atoms with Crippen LogP contribution in [0.15, 0.2) is 22.1 Å². The Morgan fingerprint density at radius 2 is 1.84 bits per heavy atom. The third-order valence-corrected chi connectivity index (χ3v) is 12.1. The summed E-state index contributed by atoms with van der Waals surface area (Å²) in [6, 6.07) is 3.80. The zero-order valence-corrected chi connectivity index (χ0v) is 31.7. The van der Waals surface area contributed by atoms with Gasteiger partial charge in [-0.15, -0.1) is 0 Å². The van der Waals surface area contributed by atoms with Crippen LogP contribution < -0.4 is 27.3 Å². The van der Waals surface area contributed by atoms with Gasteiger partial charge in [-0.1, -0.05) is 46.9 Å². The molecule has 2 heterocycles. The molecule has 1 amide bonds.